The van der Waals surface area contributed by atoms with Crippen molar-refractivity contribution in [2.75, 3.05) is 38.0 Å². The van der Waals surface area contributed by atoms with Crippen molar-refractivity contribution in [3.05, 3.63) is 83.9 Å². The van der Waals surface area contributed by atoms with Crippen LogP contribution in [0.4, 0.5) is 5.69 Å². The van der Waals surface area contributed by atoms with Gasteiger partial charge in [-0.25, -0.2) is 8.42 Å². The van der Waals surface area contributed by atoms with E-state index in [0.29, 0.717) is 31.1 Å². The number of rotatable bonds is 6. The normalized spacial score (nSPS) is 15.3. The zero-order chi connectivity index (χ0) is 23.4. The van der Waals surface area contributed by atoms with Crippen molar-refractivity contribution in [1.29, 1.82) is 0 Å². The van der Waals surface area contributed by atoms with E-state index < -0.39 is 10.0 Å². The molecule has 3 aromatic rings. The van der Waals surface area contributed by atoms with Crippen molar-refractivity contribution in [3.8, 4) is 11.1 Å². The molecule has 0 atom stereocenters. The van der Waals surface area contributed by atoms with Gasteiger partial charge in [0.15, 0.2) is 0 Å². The summed E-state index contributed by atoms with van der Waals surface area (Å²) >= 11 is 0. The molecule has 0 saturated carbocycles. The minimum atomic E-state index is -3.53. The second kappa shape index (κ2) is 9.87. The molecule has 0 aromatic heterocycles. The summed E-state index contributed by atoms with van der Waals surface area (Å²) in [6, 6.07) is 22.9. The third-order valence-electron chi connectivity index (χ3n) is 6.10. The number of anilines is 1. The first-order valence-corrected chi connectivity index (χ1v) is 12.5. The summed E-state index contributed by atoms with van der Waals surface area (Å²) in [6.07, 6.45) is 0. The Morgan fingerprint density at radius 1 is 0.848 bits per heavy atom. The third kappa shape index (κ3) is 5.33. The summed E-state index contributed by atoms with van der Waals surface area (Å²) in [5, 5.41) is 3.02. The summed E-state index contributed by atoms with van der Waals surface area (Å²) in [4.78, 5) is 15.1. The van der Waals surface area contributed by atoms with Crippen molar-refractivity contribution >= 4 is 21.6 Å². The van der Waals surface area contributed by atoms with Crippen molar-refractivity contribution in [2.45, 2.75) is 18.7 Å². The molecule has 1 N–H and O–H groups in total. The molecule has 0 unspecified atom stereocenters. The summed E-state index contributed by atoms with van der Waals surface area (Å²) < 4.78 is 27.6. The Hall–Kier alpha value is -3.00. The van der Waals surface area contributed by atoms with Crippen molar-refractivity contribution in [3.63, 3.8) is 0 Å². The second-order valence-corrected chi connectivity index (χ2v) is 10.3. The number of piperazine rings is 1. The molecule has 1 heterocycles. The Kier molecular flexibility index (Phi) is 6.93. The van der Waals surface area contributed by atoms with Crippen LogP contribution < -0.4 is 5.32 Å². The van der Waals surface area contributed by atoms with E-state index in [9.17, 15) is 13.2 Å². The lowest BCUT2D eigenvalue weighted by atomic mass is 10.0. The lowest BCUT2D eigenvalue weighted by Crippen LogP contribution is -2.50. The molecule has 6 nitrogen and oxygen atoms in total. The van der Waals surface area contributed by atoms with Crippen LogP contribution in [0, 0.1) is 13.8 Å². The number of carbonyl (C=O) groups is 1. The van der Waals surface area contributed by atoms with Crippen molar-refractivity contribution < 1.29 is 13.2 Å². The fourth-order valence-corrected chi connectivity index (χ4v) is 5.51. The van der Waals surface area contributed by atoms with Crippen LogP contribution in [0.1, 0.15) is 11.1 Å². The first-order chi connectivity index (χ1) is 15.8. The molecular formula is C26H29N3O3S. The monoisotopic (exact) mass is 463 g/mol. The molecule has 1 amide bonds. The number of para-hydroxylation sites is 1. The van der Waals surface area contributed by atoms with E-state index in [0.717, 1.165) is 27.9 Å². The molecule has 0 bridgehead atoms. The molecule has 0 radical (unpaired) electrons. The van der Waals surface area contributed by atoms with Gasteiger partial charge in [-0.3, -0.25) is 9.69 Å². The fraction of sp³-hybridized carbons (Fsp3) is 0.269. The van der Waals surface area contributed by atoms with E-state index in [-0.39, 0.29) is 12.5 Å². The average Bonchev–Trinajstić information content (AvgIpc) is 2.82. The quantitative estimate of drug-likeness (QED) is 0.602. The summed E-state index contributed by atoms with van der Waals surface area (Å²) in [5.41, 5.74) is 4.81. The average molecular weight is 464 g/mol. The first kappa shape index (κ1) is 23.2. The highest BCUT2D eigenvalue weighted by Gasteiger charge is 2.29. The topological polar surface area (TPSA) is 69.7 Å². The Morgan fingerprint density at radius 2 is 1.52 bits per heavy atom. The van der Waals surface area contributed by atoms with Crippen molar-refractivity contribution in [1.82, 2.24) is 9.21 Å². The van der Waals surface area contributed by atoms with Gasteiger partial charge in [-0.1, -0.05) is 54.6 Å². The van der Waals surface area contributed by atoms with Gasteiger partial charge in [0.2, 0.25) is 15.9 Å². The smallest absolute Gasteiger partial charge is 0.243 e. The standard InChI is InChI=1S/C26H29N3O3S/c1-20-12-13-23(18-21(20)2)33(31,32)29-16-14-28(15-17-29)19-26(30)27-25-11-7-6-10-24(25)22-8-4-3-5-9-22/h3-13,18H,14-17,19H2,1-2H3,(H,27,30). The predicted molar refractivity (Wildman–Crippen MR) is 132 cm³/mol. The molecular weight excluding hydrogens is 434 g/mol. The molecule has 1 fully saturated rings. The third-order valence-corrected chi connectivity index (χ3v) is 8.00. The molecule has 7 heteroatoms. The van der Waals surface area contributed by atoms with E-state index in [1.165, 1.54) is 4.31 Å². The molecule has 1 aliphatic rings. The van der Waals surface area contributed by atoms with E-state index in [1.807, 2.05) is 79.4 Å². The number of nitrogens with zero attached hydrogens (tertiary/aromatic N) is 2. The highest BCUT2D eigenvalue weighted by atomic mass is 32.2. The number of sulfonamides is 1. The Morgan fingerprint density at radius 3 is 2.21 bits per heavy atom. The second-order valence-electron chi connectivity index (χ2n) is 8.39. The number of amides is 1. The van der Waals surface area contributed by atoms with Crippen LogP contribution in [-0.4, -0.2) is 56.3 Å². The lowest BCUT2D eigenvalue weighted by Gasteiger charge is -2.33. The maximum absolute atomic E-state index is 13.0. The van der Waals surface area contributed by atoms with Gasteiger partial charge >= 0.3 is 0 Å². The minimum absolute atomic E-state index is 0.108. The van der Waals surface area contributed by atoms with Gasteiger partial charge in [-0.15, -0.1) is 0 Å². The van der Waals surface area contributed by atoms with E-state index in [2.05, 4.69) is 5.32 Å². The Bertz CT molecular complexity index is 1230. The number of benzene rings is 3. The molecule has 172 valence electrons. The Labute approximate surface area is 195 Å². The minimum Gasteiger partial charge on any atom is -0.324 e. The molecule has 4 rings (SSSR count). The molecule has 1 aliphatic heterocycles. The SMILES string of the molecule is Cc1ccc(S(=O)(=O)N2CCN(CC(=O)Nc3ccccc3-c3ccccc3)CC2)cc1C. The number of nitrogens with one attached hydrogen (secondary N) is 1. The molecule has 33 heavy (non-hydrogen) atoms. The lowest BCUT2D eigenvalue weighted by molar-refractivity contribution is -0.117. The van der Waals surface area contributed by atoms with Crippen LogP contribution in [0.15, 0.2) is 77.7 Å². The van der Waals surface area contributed by atoms with Crippen LogP contribution in [0.5, 0.6) is 0 Å². The summed E-state index contributed by atoms with van der Waals surface area (Å²) in [6.45, 7) is 5.86. The molecule has 3 aromatic carbocycles. The summed E-state index contributed by atoms with van der Waals surface area (Å²) in [5.74, 6) is -0.108. The van der Waals surface area contributed by atoms with Gasteiger partial charge < -0.3 is 5.32 Å². The molecule has 0 spiro atoms. The maximum Gasteiger partial charge on any atom is 0.243 e. The molecule has 0 aliphatic carbocycles. The van der Waals surface area contributed by atoms with E-state index in [4.69, 9.17) is 0 Å². The maximum atomic E-state index is 13.0. The van der Waals surface area contributed by atoms with Gasteiger partial charge in [0.05, 0.1) is 11.4 Å². The number of aryl methyl sites for hydroxylation is 2. The van der Waals surface area contributed by atoms with Crippen LogP contribution in [-0.2, 0) is 14.8 Å². The van der Waals surface area contributed by atoms with Gasteiger partial charge in [0, 0.05) is 37.4 Å². The van der Waals surface area contributed by atoms with Crippen LogP contribution in [0.3, 0.4) is 0 Å². The van der Waals surface area contributed by atoms with Crippen molar-refractivity contribution in [2.24, 2.45) is 0 Å². The van der Waals surface area contributed by atoms with E-state index >= 15 is 0 Å². The van der Waals surface area contributed by atoms with Gasteiger partial charge in [-0.2, -0.15) is 4.31 Å². The van der Waals surface area contributed by atoms with Gasteiger partial charge in [-0.05, 0) is 48.7 Å². The van der Waals surface area contributed by atoms with E-state index in [1.54, 1.807) is 12.1 Å². The van der Waals surface area contributed by atoms with Gasteiger partial charge in [0.25, 0.3) is 0 Å². The molecule has 1 saturated heterocycles. The zero-order valence-corrected chi connectivity index (χ0v) is 19.8. The Balaban J connectivity index is 1.36. The highest BCUT2D eigenvalue weighted by molar-refractivity contribution is 7.89. The van der Waals surface area contributed by atoms with Crippen LogP contribution in [0.25, 0.3) is 11.1 Å². The highest BCUT2D eigenvalue weighted by Crippen LogP contribution is 2.27. The summed E-state index contributed by atoms with van der Waals surface area (Å²) in [7, 11) is -3.53. The van der Waals surface area contributed by atoms with Crippen LogP contribution in [0.2, 0.25) is 0 Å². The zero-order valence-electron chi connectivity index (χ0n) is 19.0. The number of hydrogen-bond acceptors (Lipinski definition) is 4. The van der Waals surface area contributed by atoms with Gasteiger partial charge in [0.1, 0.15) is 0 Å². The number of hydrogen-bond donors (Lipinski definition) is 1. The number of carbonyl (C=O) groups excluding carboxylic acids is 1. The first-order valence-electron chi connectivity index (χ1n) is 11.1. The largest absolute Gasteiger partial charge is 0.324 e. The fourth-order valence-electron chi connectivity index (χ4n) is 4.01. The van der Waals surface area contributed by atoms with Crippen LogP contribution >= 0.6 is 0 Å². The predicted octanol–water partition coefficient (Wildman–Crippen LogP) is 3.92.